The first kappa shape index (κ1) is 47.5. The van der Waals surface area contributed by atoms with E-state index in [2.05, 4.69) is 23.4 Å². The molecule has 0 amide bonds. The second-order valence-corrected chi connectivity index (χ2v) is 13.4. The van der Waals surface area contributed by atoms with Crippen LogP contribution >= 0.6 is 0 Å². The number of hydrogen-bond donors (Lipinski definition) is 0. The van der Waals surface area contributed by atoms with E-state index in [1.807, 2.05) is 0 Å². The minimum absolute atomic E-state index is 0.159. The lowest BCUT2D eigenvalue weighted by molar-refractivity contribution is -0.138. The molecule has 0 bridgehead atoms. The molecule has 0 atom stereocenters. The SMILES string of the molecule is C=CC(=O)OCCCCCCOc1ccc(OCOc2ccc(/C=N/N=C/c3ccc(OC(=O)c4ccc(OCCCCCCOC(=O)C=C)cc4)cc3)cc2C(=O)OC)cc1. The van der Waals surface area contributed by atoms with Crippen LogP contribution in [-0.2, 0) is 23.8 Å². The summed E-state index contributed by atoms with van der Waals surface area (Å²) in [7, 11) is 1.28. The van der Waals surface area contributed by atoms with Gasteiger partial charge in [0.2, 0.25) is 6.79 Å². The highest BCUT2D eigenvalue weighted by atomic mass is 16.7. The quantitative estimate of drug-likeness (QED) is 0.00780. The number of esters is 4. The molecular formula is C48H52N2O12. The van der Waals surface area contributed by atoms with E-state index in [9.17, 15) is 19.2 Å². The molecule has 0 saturated heterocycles. The maximum absolute atomic E-state index is 12.7. The van der Waals surface area contributed by atoms with E-state index < -0.39 is 23.9 Å². The van der Waals surface area contributed by atoms with Gasteiger partial charge < -0.3 is 37.9 Å². The van der Waals surface area contributed by atoms with Crippen LogP contribution in [0.3, 0.4) is 0 Å². The minimum atomic E-state index is -0.593. The molecule has 14 heteroatoms. The molecule has 4 aromatic rings. The Kier molecular flexibility index (Phi) is 21.1. The number of unbranched alkanes of at least 4 members (excludes halogenated alkanes) is 6. The Morgan fingerprint density at radius 2 is 0.984 bits per heavy atom. The van der Waals surface area contributed by atoms with E-state index in [0.717, 1.165) is 69.1 Å². The number of nitrogens with zero attached hydrogens (tertiary/aromatic N) is 2. The van der Waals surface area contributed by atoms with E-state index in [0.29, 0.717) is 60.6 Å². The Hall–Kier alpha value is -7.22. The van der Waals surface area contributed by atoms with E-state index in [4.69, 9.17) is 37.9 Å². The summed E-state index contributed by atoms with van der Waals surface area (Å²) in [6, 6.07) is 25.6. The highest BCUT2D eigenvalue weighted by Gasteiger charge is 2.15. The summed E-state index contributed by atoms with van der Waals surface area (Å²) in [4.78, 5) is 47.4. The van der Waals surface area contributed by atoms with Gasteiger partial charge in [0.1, 0.15) is 34.3 Å². The van der Waals surface area contributed by atoms with Crippen LogP contribution in [0.2, 0.25) is 0 Å². The van der Waals surface area contributed by atoms with Gasteiger partial charge in [-0.15, -0.1) is 0 Å². The van der Waals surface area contributed by atoms with Crippen molar-refractivity contribution >= 4 is 36.3 Å². The first-order valence-electron chi connectivity index (χ1n) is 20.2. The molecule has 0 fully saturated rings. The molecule has 0 spiro atoms. The van der Waals surface area contributed by atoms with Gasteiger partial charge in [-0.3, -0.25) is 0 Å². The van der Waals surface area contributed by atoms with E-state index in [1.54, 1.807) is 91.0 Å². The maximum Gasteiger partial charge on any atom is 0.343 e. The molecule has 0 saturated carbocycles. The first-order chi connectivity index (χ1) is 30.3. The number of hydrogen-bond acceptors (Lipinski definition) is 14. The summed E-state index contributed by atoms with van der Waals surface area (Å²) < 4.78 is 43.4. The second kappa shape index (κ2) is 27.5. The van der Waals surface area contributed by atoms with Gasteiger partial charge in [-0.05, 0) is 153 Å². The van der Waals surface area contributed by atoms with Crippen LogP contribution in [0, 0.1) is 0 Å². The number of carbonyl (C=O) groups is 4. The molecule has 0 aromatic heterocycles. The van der Waals surface area contributed by atoms with Crippen molar-refractivity contribution in [2.45, 2.75) is 51.4 Å². The number of methoxy groups -OCH3 is 1. The number of ether oxygens (including phenoxy) is 8. The largest absolute Gasteiger partial charge is 0.494 e. The Balaban J connectivity index is 1.15. The van der Waals surface area contributed by atoms with Crippen LogP contribution < -0.4 is 23.7 Å². The fourth-order valence-electron chi connectivity index (χ4n) is 5.45. The van der Waals surface area contributed by atoms with Crippen molar-refractivity contribution in [2.24, 2.45) is 10.2 Å². The van der Waals surface area contributed by atoms with Crippen LogP contribution in [0.15, 0.2) is 127 Å². The molecule has 0 N–H and O–H groups in total. The maximum atomic E-state index is 12.7. The molecule has 0 aliphatic rings. The molecule has 4 rings (SSSR count). The van der Waals surface area contributed by atoms with Gasteiger partial charge in [-0.25, -0.2) is 19.2 Å². The molecule has 4 aromatic carbocycles. The fraction of sp³-hybridized carbons (Fsp3) is 0.292. The van der Waals surface area contributed by atoms with Crippen molar-refractivity contribution in [3.63, 3.8) is 0 Å². The summed E-state index contributed by atoms with van der Waals surface area (Å²) in [5.74, 6) is 0.636. The summed E-state index contributed by atoms with van der Waals surface area (Å²) in [5, 5.41) is 8.19. The highest BCUT2D eigenvalue weighted by Crippen LogP contribution is 2.23. The van der Waals surface area contributed by atoms with Crippen molar-refractivity contribution in [2.75, 3.05) is 40.3 Å². The summed E-state index contributed by atoms with van der Waals surface area (Å²) >= 11 is 0. The van der Waals surface area contributed by atoms with E-state index in [-0.39, 0.29) is 18.1 Å². The third-order valence-electron chi connectivity index (χ3n) is 8.77. The molecule has 0 radical (unpaired) electrons. The van der Waals surface area contributed by atoms with Crippen molar-refractivity contribution in [3.05, 3.63) is 139 Å². The van der Waals surface area contributed by atoms with Gasteiger partial charge in [0.15, 0.2) is 0 Å². The van der Waals surface area contributed by atoms with Gasteiger partial charge in [0.25, 0.3) is 0 Å². The van der Waals surface area contributed by atoms with Crippen molar-refractivity contribution < 1.29 is 57.1 Å². The zero-order chi connectivity index (χ0) is 44.2. The Bertz CT molecular complexity index is 2100. The van der Waals surface area contributed by atoms with Gasteiger partial charge in [-0.1, -0.05) is 13.2 Å². The lowest BCUT2D eigenvalue weighted by Gasteiger charge is -2.12. The van der Waals surface area contributed by atoms with Crippen molar-refractivity contribution in [3.8, 4) is 28.7 Å². The Morgan fingerprint density at radius 1 is 0.516 bits per heavy atom. The molecule has 14 nitrogen and oxygen atoms in total. The lowest BCUT2D eigenvalue weighted by Crippen LogP contribution is -2.10. The van der Waals surface area contributed by atoms with E-state index >= 15 is 0 Å². The van der Waals surface area contributed by atoms with Gasteiger partial charge in [0.05, 0.1) is 51.5 Å². The molecule has 0 aliphatic heterocycles. The number of rotatable bonds is 28. The van der Waals surface area contributed by atoms with Crippen LogP contribution in [0.4, 0.5) is 0 Å². The summed E-state index contributed by atoms with van der Waals surface area (Å²) in [5.41, 5.74) is 1.87. The topological polar surface area (TPSA) is 167 Å². The summed E-state index contributed by atoms with van der Waals surface area (Å²) in [6.07, 6.45) is 12.4. The zero-order valence-corrected chi connectivity index (χ0v) is 34.9. The van der Waals surface area contributed by atoms with Crippen LogP contribution in [0.5, 0.6) is 28.7 Å². The van der Waals surface area contributed by atoms with E-state index in [1.165, 1.54) is 19.5 Å². The molecule has 0 heterocycles. The zero-order valence-electron chi connectivity index (χ0n) is 34.9. The summed E-state index contributed by atoms with van der Waals surface area (Å²) in [6.45, 7) is 8.45. The molecular weight excluding hydrogens is 797 g/mol. The average molecular weight is 849 g/mol. The highest BCUT2D eigenvalue weighted by molar-refractivity contribution is 5.95. The standard InChI is InChI=1S/C48H52N2O12/c1-4-45(51)58-30-12-8-6-10-28-56-39-21-17-38(18-22-39)47(53)62-42-19-14-36(15-20-42)33-49-50-34-37-16-27-44(43(32-37)48(54)55-3)61-35-60-41-25-23-40(24-26-41)57-29-11-7-9-13-31-59-46(52)5-2/h4-5,14-27,32-34H,1-2,6-13,28-31,35H2,3H3/b49-33+,50-34+. The van der Waals surface area contributed by atoms with Crippen molar-refractivity contribution in [1.82, 2.24) is 0 Å². The second-order valence-electron chi connectivity index (χ2n) is 13.4. The predicted molar refractivity (Wildman–Crippen MR) is 234 cm³/mol. The molecule has 0 aliphatic carbocycles. The van der Waals surface area contributed by atoms with Gasteiger partial charge in [0, 0.05) is 12.2 Å². The molecule has 0 unspecified atom stereocenters. The average Bonchev–Trinajstić information content (AvgIpc) is 3.30. The molecule has 62 heavy (non-hydrogen) atoms. The minimum Gasteiger partial charge on any atom is -0.494 e. The third kappa shape index (κ3) is 18.0. The normalized spacial score (nSPS) is 10.8. The van der Waals surface area contributed by atoms with Gasteiger partial charge >= 0.3 is 23.9 Å². The predicted octanol–water partition coefficient (Wildman–Crippen LogP) is 8.90. The fourth-order valence-corrected chi connectivity index (χ4v) is 5.45. The Labute approximate surface area is 361 Å². The number of benzene rings is 4. The van der Waals surface area contributed by atoms with Crippen molar-refractivity contribution in [1.29, 1.82) is 0 Å². The third-order valence-corrected chi connectivity index (χ3v) is 8.77. The van der Waals surface area contributed by atoms with Crippen LogP contribution in [-0.4, -0.2) is 76.6 Å². The van der Waals surface area contributed by atoms with Gasteiger partial charge in [-0.2, -0.15) is 10.2 Å². The smallest absolute Gasteiger partial charge is 0.343 e. The number of carbonyl (C=O) groups excluding carboxylic acids is 4. The van der Waals surface area contributed by atoms with Crippen LogP contribution in [0.1, 0.15) is 83.2 Å². The monoisotopic (exact) mass is 848 g/mol. The lowest BCUT2D eigenvalue weighted by atomic mass is 10.1. The first-order valence-corrected chi connectivity index (χ1v) is 20.2. The Morgan fingerprint density at radius 3 is 1.52 bits per heavy atom. The van der Waals surface area contributed by atoms with Crippen LogP contribution in [0.25, 0.3) is 0 Å². The molecule has 326 valence electrons.